The Labute approximate surface area is 118 Å². The largest absolute Gasteiger partial charge is 0.493 e. The Hall–Kier alpha value is -2.55. The average Bonchev–Trinajstić information content (AvgIpc) is 2.47. The number of carbonyl (C=O) groups is 1. The molecule has 0 unspecified atom stereocenters. The lowest BCUT2D eigenvalue weighted by Crippen LogP contribution is -1.96. The molecule has 2 aromatic carbocycles. The smallest absolute Gasteiger partial charge is 0.185 e. The van der Waals surface area contributed by atoms with Crippen LogP contribution in [0, 0.1) is 0 Å². The third-order valence-electron chi connectivity index (χ3n) is 2.83. The van der Waals surface area contributed by atoms with Crippen LogP contribution in [0.25, 0.3) is 6.08 Å². The van der Waals surface area contributed by atoms with Gasteiger partial charge in [-0.2, -0.15) is 0 Å². The number of hydrogen-bond acceptors (Lipinski definition) is 3. The zero-order valence-electron chi connectivity index (χ0n) is 11.4. The summed E-state index contributed by atoms with van der Waals surface area (Å²) in [6.45, 7) is 2.52. The molecule has 0 spiro atoms. The Bertz CT molecular complexity index is 615. The quantitative estimate of drug-likeness (QED) is 0.512. The van der Waals surface area contributed by atoms with Gasteiger partial charge in [-0.3, -0.25) is 4.79 Å². The molecule has 102 valence electrons. The van der Waals surface area contributed by atoms with Crippen LogP contribution in [0.2, 0.25) is 0 Å². The van der Waals surface area contributed by atoms with E-state index < -0.39 is 0 Å². The lowest BCUT2D eigenvalue weighted by atomic mass is 10.1. The van der Waals surface area contributed by atoms with E-state index in [1.807, 2.05) is 31.2 Å². The van der Waals surface area contributed by atoms with Crippen LogP contribution in [0.5, 0.6) is 5.75 Å². The SMILES string of the molecule is CCOc1ccccc1/C=C/C(=O)c1ccc(N)cc1. The van der Waals surface area contributed by atoms with E-state index >= 15 is 0 Å². The van der Waals surface area contributed by atoms with Crippen LogP contribution in [0.3, 0.4) is 0 Å². The maximum absolute atomic E-state index is 12.0. The Morgan fingerprint density at radius 1 is 1.15 bits per heavy atom. The number of allylic oxidation sites excluding steroid dienone is 1. The van der Waals surface area contributed by atoms with E-state index in [0.29, 0.717) is 17.9 Å². The summed E-state index contributed by atoms with van der Waals surface area (Å²) < 4.78 is 5.51. The van der Waals surface area contributed by atoms with Crippen molar-refractivity contribution < 1.29 is 9.53 Å². The molecule has 3 nitrogen and oxygen atoms in total. The molecule has 0 aliphatic rings. The number of benzene rings is 2. The molecule has 2 N–H and O–H groups in total. The van der Waals surface area contributed by atoms with E-state index in [0.717, 1.165) is 11.3 Å². The molecule has 2 aromatic rings. The van der Waals surface area contributed by atoms with Crippen LogP contribution < -0.4 is 10.5 Å². The number of nitrogen functional groups attached to an aromatic ring is 1. The summed E-state index contributed by atoms with van der Waals surface area (Å²) in [5.74, 6) is 0.715. The third kappa shape index (κ3) is 3.48. The molecule has 0 aromatic heterocycles. The second-order valence-electron chi connectivity index (χ2n) is 4.29. The molecular formula is C17H17NO2. The van der Waals surface area contributed by atoms with Gasteiger partial charge in [-0.15, -0.1) is 0 Å². The van der Waals surface area contributed by atoms with Crippen LogP contribution in [0.15, 0.2) is 54.6 Å². The minimum atomic E-state index is -0.0590. The average molecular weight is 267 g/mol. The lowest BCUT2D eigenvalue weighted by molar-refractivity contribution is 0.104. The van der Waals surface area contributed by atoms with E-state index in [4.69, 9.17) is 10.5 Å². The molecule has 0 heterocycles. The third-order valence-corrected chi connectivity index (χ3v) is 2.83. The first-order valence-electron chi connectivity index (χ1n) is 6.50. The van der Waals surface area contributed by atoms with Crippen molar-refractivity contribution >= 4 is 17.5 Å². The van der Waals surface area contributed by atoms with Gasteiger partial charge in [0, 0.05) is 16.8 Å². The van der Waals surface area contributed by atoms with Crippen molar-refractivity contribution in [1.29, 1.82) is 0 Å². The van der Waals surface area contributed by atoms with E-state index in [1.54, 1.807) is 36.4 Å². The Balaban J connectivity index is 2.17. The summed E-state index contributed by atoms with van der Waals surface area (Å²) in [7, 11) is 0. The van der Waals surface area contributed by atoms with Gasteiger partial charge in [0.15, 0.2) is 5.78 Å². The number of rotatable bonds is 5. The number of anilines is 1. The predicted octanol–water partition coefficient (Wildman–Crippen LogP) is 3.56. The number of hydrogen-bond donors (Lipinski definition) is 1. The minimum Gasteiger partial charge on any atom is -0.493 e. The Morgan fingerprint density at radius 3 is 2.55 bits per heavy atom. The molecule has 0 bridgehead atoms. The predicted molar refractivity (Wildman–Crippen MR) is 81.8 cm³/mol. The highest BCUT2D eigenvalue weighted by Gasteiger charge is 2.02. The second-order valence-corrected chi connectivity index (χ2v) is 4.29. The molecule has 20 heavy (non-hydrogen) atoms. The number of para-hydroxylation sites is 1. The Kier molecular flexibility index (Phi) is 4.56. The van der Waals surface area contributed by atoms with E-state index in [9.17, 15) is 4.79 Å². The van der Waals surface area contributed by atoms with Gasteiger partial charge in [0.25, 0.3) is 0 Å². The molecular weight excluding hydrogens is 250 g/mol. The maximum Gasteiger partial charge on any atom is 0.185 e. The fourth-order valence-corrected chi connectivity index (χ4v) is 1.81. The highest BCUT2D eigenvalue weighted by Crippen LogP contribution is 2.19. The van der Waals surface area contributed by atoms with Gasteiger partial charge in [-0.1, -0.05) is 18.2 Å². The minimum absolute atomic E-state index is 0.0590. The van der Waals surface area contributed by atoms with Crippen LogP contribution in [0.1, 0.15) is 22.8 Å². The highest BCUT2D eigenvalue weighted by atomic mass is 16.5. The zero-order valence-corrected chi connectivity index (χ0v) is 11.4. The van der Waals surface area contributed by atoms with Gasteiger partial charge in [-0.05, 0) is 49.4 Å². The number of nitrogens with two attached hydrogens (primary N) is 1. The summed E-state index contributed by atoms with van der Waals surface area (Å²) >= 11 is 0. The summed E-state index contributed by atoms with van der Waals surface area (Å²) in [6.07, 6.45) is 3.31. The molecule has 0 fully saturated rings. The summed E-state index contributed by atoms with van der Waals surface area (Å²) in [4.78, 5) is 12.0. The van der Waals surface area contributed by atoms with Crippen molar-refractivity contribution in [3.05, 3.63) is 65.7 Å². The van der Waals surface area contributed by atoms with Crippen molar-refractivity contribution in [2.24, 2.45) is 0 Å². The van der Waals surface area contributed by atoms with Crippen molar-refractivity contribution in [3.63, 3.8) is 0 Å². The maximum atomic E-state index is 12.0. The summed E-state index contributed by atoms with van der Waals surface area (Å²) in [5.41, 5.74) is 7.75. The van der Waals surface area contributed by atoms with Gasteiger partial charge < -0.3 is 10.5 Å². The van der Waals surface area contributed by atoms with E-state index in [2.05, 4.69) is 0 Å². The summed E-state index contributed by atoms with van der Waals surface area (Å²) in [5, 5.41) is 0. The molecule has 2 rings (SSSR count). The number of ether oxygens (including phenoxy) is 1. The van der Waals surface area contributed by atoms with Crippen LogP contribution in [-0.2, 0) is 0 Å². The zero-order chi connectivity index (χ0) is 14.4. The fraction of sp³-hybridized carbons (Fsp3) is 0.118. The van der Waals surface area contributed by atoms with Gasteiger partial charge in [0.05, 0.1) is 6.61 Å². The Morgan fingerprint density at radius 2 is 1.85 bits per heavy atom. The summed E-state index contributed by atoms with van der Waals surface area (Å²) in [6, 6.07) is 14.5. The molecule has 0 aliphatic heterocycles. The van der Waals surface area contributed by atoms with Crippen LogP contribution in [-0.4, -0.2) is 12.4 Å². The van der Waals surface area contributed by atoms with Gasteiger partial charge in [-0.25, -0.2) is 0 Å². The molecule has 0 amide bonds. The van der Waals surface area contributed by atoms with Crippen molar-refractivity contribution in [2.75, 3.05) is 12.3 Å². The van der Waals surface area contributed by atoms with Gasteiger partial charge in [0.2, 0.25) is 0 Å². The van der Waals surface area contributed by atoms with E-state index in [-0.39, 0.29) is 5.78 Å². The van der Waals surface area contributed by atoms with E-state index in [1.165, 1.54) is 0 Å². The number of ketones is 1. The molecule has 0 saturated heterocycles. The fourth-order valence-electron chi connectivity index (χ4n) is 1.81. The first-order chi connectivity index (χ1) is 9.70. The van der Waals surface area contributed by atoms with Crippen LogP contribution in [0.4, 0.5) is 5.69 Å². The topological polar surface area (TPSA) is 52.3 Å². The first-order valence-corrected chi connectivity index (χ1v) is 6.50. The number of carbonyl (C=O) groups excluding carboxylic acids is 1. The van der Waals surface area contributed by atoms with Crippen molar-refractivity contribution in [2.45, 2.75) is 6.92 Å². The lowest BCUT2D eigenvalue weighted by Gasteiger charge is -2.06. The molecule has 0 radical (unpaired) electrons. The first kappa shape index (κ1) is 13.9. The molecule has 0 atom stereocenters. The molecule has 3 heteroatoms. The van der Waals surface area contributed by atoms with Gasteiger partial charge >= 0.3 is 0 Å². The van der Waals surface area contributed by atoms with Crippen LogP contribution >= 0.6 is 0 Å². The van der Waals surface area contributed by atoms with Crippen molar-refractivity contribution in [3.8, 4) is 5.75 Å². The normalized spacial score (nSPS) is 10.7. The monoisotopic (exact) mass is 267 g/mol. The van der Waals surface area contributed by atoms with Crippen molar-refractivity contribution in [1.82, 2.24) is 0 Å². The van der Waals surface area contributed by atoms with Gasteiger partial charge in [0.1, 0.15) is 5.75 Å². The molecule has 0 saturated carbocycles. The standard InChI is InChI=1S/C17H17NO2/c1-2-20-17-6-4-3-5-14(17)9-12-16(19)13-7-10-15(18)11-8-13/h3-12H,2,18H2,1H3/b12-9+. The molecule has 0 aliphatic carbocycles. The highest BCUT2D eigenvalue weighted by molar-refractivity contribution is 6.07. The second kappa shape index (κ2) is 6.57.